The number of carbonyl (C=O) groups is 1. The zero-order valence-electron chi connectivity index (χ0n) is 12.3. The average molecular weight is 310 g/mol. The highest BCUT2D eigenvalue weighted by Gasteiger charge is 2.26. The Bertz CT molecular complexity index is 575. The summed E-state index contributed by atoms with van der Waals surface area (Å²) in [5, 5.41) is 2.81. The largest absolute Gasteiger partial charge is 0.352 e. The number of carbonyl (C=O) groups excluding carboxylic acids is 1. The van der Waals surface area contributed by atoms with E-state index in [1.807, 2.05) is 6.92 Å². The molecule has 116 valence electrons. The molecule has 5 nitrogen and oxygen atoms in total. The fourth-order valence-electron chi connectivity index (χ4n) is 2.37. The summed E-state index contributed by atoms with van der Waals surface area (Å²) in [5.74, 6) is 0.0197. The number of hydrogen-bond donors (Lipinski definition) is 1. The predicted molar refractivity (Wildman–Crippen MR) is 81.2 cm³/mol. The van der Waals surface area contributed by atoms with Crippen molar-refractivity contribution in [1.29, 1.82) is 0 Å². The molecule has 1 aromatic rings. The highest BCUT2D eigenvalue weighted by molar-refractivity contribution is 7.89. The van der Waals surface area contributed by atoms with Gasteiger partial charge in [-0.15, -0.1) is 0 Å². The number of amides is 1. The van der Waals surface area contributed by atoms with Gasteiger partial charge in [0.2, 0.25) is 15.9 Å². The van der Waals surface area contributed by atoms with Crippen LogP contribution in [0.5, 0.6) is 0 Å². The number of rotatable bonds is 6. The number of hydrogen-bond acceptors (Lipinski definition) is 3. The van der Waals surface area contributed by atoms with Crippen LogP contribution in [0, 0.1) is 0 Å². The van der Waals surface area contributed by atoms with E-state index in [1.165, 1.54) is 4.31 Å². The van der Waals surface area contributed by atoms with Crippen molar-refractivity contribution in [2.75, 3.05) is 13.1 Å². The van der Waals surface area contributed by atoms with E-state index in [-0.39, 0.29) is 5.91 Å². The van der Waals surface area contributed by atoms with E-state index in [0.29, 0.717) is 31.0 Å². The Morgan fingerprint density at radius 2 is 1.81 bits per heavy atom. The quantitative estimate of drug-likeness (QED) is 0.872. The van der Waals surface area contributed by atoms with Crippen molar-refractivity contribution in [3.8, 4) is 0 Å². The Kier molecular flexibility index (Phi) is 5.36. The fourth-order valence-corrected chi connectivity index (χ4v) is 3.89. The summed E-state index contributed by atoms with van der Waals surface area (Å²) in [6.45, 7) is 3.61. The van der Waals surface area contributed by atoms with Gasteiger partial charge in [0.1, 0.15) is 0 Å². The summed E-state index contributed by atoms with van der Waals surface area (Å²) < 4.78 is 26.2. The van der Waals surface area contributed by atoms with Crippen molar-refractivity contribution < 1.29 is 13.2 Å². The van der Waals surface area contributed by atoms with Gasteiger partial charge in [-0.25, -0.2) is 8.42 Å². The summed E-state index contributed by atoms with van der Waals surface area (Å²) in [5.41, 5.74) is 0.903. The molecule has 1 heterocycles. The molecule has 1 aromatic carbocycles. The third-order valence-corrected chi connectivity index (χ3v) is 5.51. The lowest BCUT2D eigenvalue weighted by atomic mass is 10.2. The number of benzene rings is 1. The van der Waals surface area contributed by atoms with Crippen LogP contribution in [0.25, 0.3) is 0 Å². The molecule has 1 fully saturated rings. The van der Waals surface area contributed by atoms with Gasteiger partial charge in [0.05, 0.1) is 4.90 Å². The first-order valence-corrected chi connectivity index (χ1v) is 8.84. The van der Waals surface area contributed by atoms with Crippen molar-refractivity contribution in [3.63, 3.8) is 0 Å². The predicted octanol–water partition coefficient (Wildman–Crippen LogP) is 1.89. The Hall–Kier alpha value is -1.40. The van der Waals surface area contributed by atoms with Crippen LogP contribution in [0.2, 0.25) is 0 Å². The van der Waals surface area contributed by atoms with E-state index in [9.17, 15) is 13.2 Å². The lowest BCUT2D eigenvalue weighted by Crippen LogP contribution is -2.27. The normalized spacial score (nSPS) is 16.0. The monoisotopic (exact) mass is 310 g/mol. The van der Waals surface area contributed by atoms with Crippen molar-refractivity contribution >= 4 is 15.9 Å². The Morgan fingerprint density at radius 3 is 2.38 bits per heavy atom. The maximum atomic E-state index is 12.4. The highest BCUT2D eigenvalue weighted by Crippen LogP contribution is 2.21. The third kappa shape index (κ3) is 4.04. The van der Waals surface area contributed by atoms with Gasteiger partial charge in [-0.2, -0.15) is 4.31 Å². The van der Waals surface area contributed by atoms with Crippen LogP contribution in [0.4, 0.5) is 0 Å². The first-order valence-electron chi connectivity index (χ1n) is 7.40. The van der Waals surface area contributed by atoms with Crippen LogP contribution in [-0.2, 0) is 21.4 Å². The minimum atomic E-state index is -3.35. The molecule has 0 radical (unpaired) electrons. The minimum Gasteiger partial charge on any atom is -0.352 e. The molecule has 1 amide bonds. The number of sulfonamides is 1. The second kappa shape index (κ2) is 7.04. The number of nitrogens with zero attached hydrogens (tertiary/aromatic N) is 1. The van der Waals surface area contributed by atoms with Gasteiger partial charge in [-0.05, 0) is 37.0 Å². The Balaban J connectivity index is 2.00. The van der Waals surface area contributed by atoms with Crippen molar-refractivity contribution in [3.05, 3.63) is 29.8 Å². The van der Waals surface area contributed by atoms with Crippen molar-refractivity contribution in [2.45, 2.75) is 44.0 Å². The SMILES string of the molecule is CCCC(=O)NCc1ccc(S(=O)(=O)N2CCCC2)cc1. The fraction of sp³-hybridized carbons (Fsp3) is 0.533. The molecule has 1 N–H and O–H groups in total. The maximum absolute atomic E-state index is 12.4. The summed E-state index contributed by atoms with van der Waals surface area (Å²) >= 11 is 0. The van der Waals surface area contributed by atoms with E-state index in [1.54, 1.807) is 24.3 Å². The van der Waals surface area contributed by atoms with Crippen molar-refractivity contribution in [1.82, 2.24) is 9.62 Å². The molecule has 0 bridgehead atoms. The summed E-state index contributed by atoms with van der Waals surface area (Å²) in [6.07, 6.45) is 3.20. The van der Waals surface area contributed by atoms with Crippen LogP contribution in [0.3, 0.4) is 0 Å². The van der Waals surface area contributed by atoms with Gasteiger partial charge in [-0.1, -0.05) is 19.1 Å². The zero-order valence-corrected chi connectivity index (χ0v) is 13.2. The van der Waals surface area contributed by atoms with Gasteiger partial charge in [0.25, 0.3) is 0 Å². The molecule has 0 saturated carbocycles. The maximum Gasteiger partial charge on any atom is 0.243 e. The molecule has 0 spiro atoms. The molecule has 0 atom stereocenters. The van der Waals surface area contributed by atoms with E-state index >= 15 is 0 Å². The molecule has 1 aliphatic rings. The molecule has 0 aromatic heterocycles. The summed E-state index contributed by atoms with van der Waals surface area (Å²) in [4.78, 5) is 11.7. The standard InChI is InChI=1S/C15H22N2O3S/c1-2-5-15(18)16-12-13-6-8-14(9-7-13)21(19,20)17-10-3-4-11-17/h6-9H,2-5,10-12H2,1H3,(H,16,18). The van der Waals surface area contributed by atoms with E-state index < -0.39 is 10.0 Å². The van der Waals surface area contributed by atoms with Crippen LogP contribution >= 0.6 is 0 Å². The van der Waals surface area contributed by atoms with E-state index in [0.717, 1.165) is 24.8 Å². The number of nitrogens with one attached hydrogen (secondary N) is 1. The summed E-state index contributed by atoms with van der Waals surface area (Å²) in [7, 11) is -3.35. The van der Waals surface area contributed by atoms with Crippen molar-refractivity contribution in [2.24, 2.45) is 0 Å². The first-order chi connectivity index (χ1) is 10.0. The Labute approximate surface area is 126 Å². The lowest BCUT2D eigenvalue weighted by Gasteiger charge is -2.15. The lowest BCUT2D eigenvalue weighted by molar-refractivity contribution is -0.121. The van der Waals surface area contributed by atoms with Gasteiger partial charge < -0.3 is 5.32 Å². The third-order valence-electron chi connectivity index (χ3n) is 3.59. The molecular formula is C15H22N2O3S. The van der Waals surface area contributed by atoms with Gasteiger partial charge in [0, 0.05) is 26.1 Å². The van der Waals surface area contributed by atoms with Crippen LogP contribution in [-0.4, -0.2) is 31.7 Å². The highest BCUT2D eigenvalue weighted by atomic mass is 32.2. The van der Waals surface area contributed by atoms with Crippen LogP contribution in [0.15, 0.2) is 29.2 Å². The molecule has 1 aliphatic heterocycles. The Morgan fingerprint density at radius 1 is 1.19 bits per heavy atom. The molecule has 21 heavy (non-hydrogen) atoms. The zero-order chi connectivity index (χ0) is 15.3. The molecular weight excluding hydrogens is 288 g/mol. The first kappa shape index (κ1) is 16.0. The summed E-state index contributed by atoms with van der Waals surface area (Å²) in [6, 6.07) is 6.76. The molecule has 0 unspecified atom stereocenters. The van der Waals surface area contributed by atoms with Gasteiger partial charge in [0.15, 0.2) is 0 Å². The molecule has 0 aliphatic carbocycles. The second-order valence-electron chi connectivity index (χ2n) is 5.28. The van der Waals surface area contributed by atoms with Crippen LogP contribution < -0.4 is 5.32 Å². The second-order valence-corrected chi connectivity index (χ2v) is 7.22. The van der Waals surface area contributed by atoms with Crippen LogP contribution in [0.1, 0.15) is 38.2 Å². The van der Waals surface area contributed by atoms with Gasteiger partial charge in [-0.3, -0.25) is 4.79 Å². The van der Waals surface area contributed by atoms with E-state index in [4.69, 9.17) is 0 Å². The topological polar surface area (TPSA) is 66.5 Å². The van der Waals surface area contributed by atoms with Gasteiger partial charge >= 0.3 is 0 Å². The smallest absolute Gasteiger partial charge is 0.243 e. The molecule has 6 heteroatoms. The molecule has 1 saturated heterocycles. The molecule has 2 rings (SSSR count). The minimum absolute atomic E-state index is 0.0197. The average Bonchev–Trinajstić information content (AvgIpc) is 3.01. The van der Waals surface area contributed by atoms with E-state index in [2.05, 4.69) is 5.32 Å².